The van der Waals surface area contributed by atoms with Crippen molar-refractivity contribution >= 4 is 26.8 Å². The van der Waals surface area contributed by atoms with Crippen molar-refractivity contribution in [2.24, 2.45) is 0 Å². The van der Waals surface area contributed by atoms with Crippen LogP contribution in [0, 0.1) is 6.92 Å². The van der Waals surface area contributed by atoms with E-state index in [1.807, 2.05) is 12.3 Å². The highest BCUT2D eigenvalue weighted by atomic mass is 79.9. The van der Waals surface area contributed by atoms with Gasteiger partial charge in [-0.05, 0) is 34.5 Å². The number of hydrogen-bond acceptors (Lipinski definition) is 1. The highest BCUT2D eigenvalue weighted by Gasteiger charge is 2.01. The Balaban J connectivity index is 2.96. The van der Waals surface area contributed by atoms with E-state index < -0.39 is 0 Å². The number of aryl methyl sites for hydroxylation is 1. The molecule has 1 N–H and O–H groups in total. The molecular formula is C8H7BrN2. The van der Waals surface area contributed by atoms with Crippen LogP contribution in [0.2, 0.25) is 0 Å². The molecule has 0 aliphatic heterocycles. The molecule has 0 fully saturated rings. The predicted molar refractivity (Wildman–Crippen MR) is 48.5 cm³/mol. The van der Waals surface area contributed by atoms with Gasteiger partial charge < -0.3 is 0 Å². The van der Waals surface area contributed by atoms with E-state index in [-0.39, 0.29) is 0 Å². The second-order valence-corrected chi connectivity index (χ2v) is 3.38. The van der Waals surface area contributed by atoms with E-state index in [1.165, 1.54) is 10.9 Å². The summed E-state index contributed by atoms with van der Waals surface area (Å²) in [6.07, 6.45) is 1.84. The van der Waals surface area contributed by atoms with E-state index in [1.54, 1.807) is 0 Å². The summed E-state index contributed by atoms with van der Waals surface area (Å²) in [5, 5.41) is 8.08. The number of benzene rings is 1. The minimum atomic E-state index is 1.07. The van der Waals surface area contributed by atoms with Crippen molar-refractivity contribution in [3.63, 3.8) is 0 Å². The van der Waals surface area contributed by atoms with Gasteiger partial charge >= 0.3 is 0 Å². The standard InChI is InChI=1S/C8H7BrN2/c1-5-2-3-7(9)8-6(5)4-10-11-8/h2-4H,1H3,(H,10,11). The van der Waals surface area contributed by atoms with Gasteiger partial charge in [0.15, 0.2) is 0 Å². The summed E-state index contributed by atoms with van der Waals surface area (Å²) in [4.78, 5) is 0. The van der Waals surface area contributed by atoms with Crippen LogP contribution in [0.1, 0.15) is 5.56 Å². The first-order chi connectivity index (χ1) is 5.29. The van der Waals surface area contributed by atoms with Crippen molar-refractivity contribution < 1.29 is 0 Å². The zero-order valence-corrected chi connectivity index (χ0v) is 7.64. The van der Waals surface area contributed by atoms with E-state index in [9.17, 15) is 0 Å². The molecule has 1 heterocycles. The second-order valence-electron chi connectivity index (χ2n) is 2.52. The highest BCUT2D eigenvalue weighted by molar-refractivity contribution is 9.10. The third-order valence-corrected chi connectivity index (χ3v) is 2.44. The lowest BCUT2D eigenvalue weighted by Crippen LogP contribution is -1.75. The number of H-pyrrole nitrogens is 1. The first kappa shape index (κ1) is 6.85. The zero-order chi connectivity index (χ0) is 7.84. The van der Waals surface area contributed by atoms with Crippen LogP contribution in [-0.4, -0.2) is 10.2 Å². The average Bonchev–Trinajstić information content (AvgIpc) is 2.45. The van der Waals surface area contributed by atoms with E-state index >= 15 is 0 Å². The summed E-state index contributed by atoms with van der Waals surface area (Å²) < 4.78 is 1.07. The molecule has 0 aliphatic carbocycles. The van der Waals surface area contributed by atoms with Gasteiger partial charge in [0.25, 0.3) is 0 Å². The zero-order valence-electron chi connectivity index (χ0n) is 6.06. The molecule has 0 radical (unpaired) electrons. The maximum absolute atomic E-state index is 3.97. The SMILES string of the molecule is Cc1ccc(Br)c2[nH]ncc12. The summed E-state index contributed by atoms with van der Waals surface area (Å²) in [6.45, 7) is 2.07. The number of nitrogens with zero attached hydrogens (tertiary/aromatic N) is 1. The molecule has 1 aromatic heterocycles. The van der Waals surface area contributed by atoms with E-state index in [2.05, 4.69) is 39.1 Å². The smallest absolute Gasteiger partial charge is 0.0794 e. The fourth-order valence-electron chi connectivity index (χ4n) is 1.14. The molecule has 1 aromatic carbocycles. The number of halogens is 1. The molecular weight excluding hydrogens is 204 g/mol. The highest BCUT2D eigenvalue weighted by Crippen LogP contribution is 2.23. The Morgan fingerprint density at radius 1 is 1.45 bits per heavy atom. The summed E-state index contributed by atoms with van der Waals surface area (Å²) in [6, 6.07) is 4.10. The average molecular weight is 211 g/mol. The van der Waals surface area contributed by atoms with Crippen LogP contribution in [0.25, 0.3) is 10.9 Å². The number of hydrogen-bond donors (Lipinski definition) is 1. The Labute approximate surface area is 72.7 Å². The molecule has 0 saturated carbocycles. The topological polar surface area (TPSA) is 28.7 Å². The van der Waals surface area contributed by atoms with Crippen LogP contribution in [0.4, 0.5) is 0 Å². The molecule has 2 rings (SSSR count). The van der Waals surface area contributed by atoms with Gasteiger partial charge in [-0.1, -0.05) is 6.07 Å². The van der Waals surface area contributed by atoms with Gasteiger partial charge in [-0.25, -0.2) is 0 Å². The Kier molecular flexibility index (Phi) is 1.46. The van der Waals surface area contributed by atoms with Gasteiger partial charge in [-0.3, -0.25) is 5.10 Å². The summed E-state index contributed by atoms with van der Waals surface area (Å²) >= 11 is 3.44. The minimum Gasteiger partial charge on any atom is -0.277 e. The molecule has 0 bridgehead atoms. The Morgan fingerprint density at radius 3 is 3.00 bits per heavy atom. The molecule has 0 amide bonds. The largest absolute Gasteiger partial charge is 0.277 e. The predicted octanol–water partition coefficient (Wildman–Crippen LogP) is 2.63. The monoisotopic (exact) mass is 210 g/mol. The summed E-state index contributed by atoms with van der Waals surface area (Å²) in [5.74, 6) is 0. The first-order valence-corrected chi connectivity index (χ1v) is 4.16. The first-order valence-electron chi connectivity index (χ1n) is 3.37. The molecule has 0 spiro atoms. The fraction of sp³-hybridized carbons (Fsp3) is 0.125. The van der Waals surface area contributed by atoms with Gasteiger partial charge in [0, 0.05) is 9.86 Å². The van der Waals surface area contributed by atoms with Crippen LogP contribution in [-0.2, 0) is 0 Å². The minimum absolute atomic E-state index is 1.07. The van der Waals surface area contributed by atoms with Gasteiger partial charge in [-0.2, -0.15) is 5.10 Å². The lowest BCUT2D eigenvalue weighted by atomic mass is 10.1. The summed E-state index contributed by atoms with van der Waals surface area (Å²) in [5.41, 5.74) is 2.32. The Bertz CT molecular complexity index is 356. The van der Waals surface area contributed by atoms with Crippen molar-refractivity contribution in [1.29, 1.82) is 0 Å². The molecule has 0 aliphatic rings. The lowest BCUT2D eigenvalue weighted by molar-refractivity contribution is 1.12. The van der Waals surface area contributed by atoms with Crippen LogP contribution in [0.5, 0.6) is 0 Å². The van der Waals surface area contributed by atoms with Crippen LogP contribution >= 0.6 is 15.9 Å². The van der Waals surface area contributed by atoms with Crippen molar-refractivity contribution in [2.75, 3.05) is 0 Å². The van der Waals surface area contributed by atoms with Gasteiger partial charge in [0.1, 0.15) is 0 Å². The number of aromatic amines is 1. The number of rotatable bonds is 0. The molecule has 0 saturated heterocycles. The molecule has 0 atom stereocenters. The van der Waals surface area contributed by atoms with E-state index in [0.29, 0.717) is 0 Å². The van der Waals surface area contributed by atoms with E-state index in [4.69, 9.17) is 0 Å². The summed E-state index contributed by atoms with van der Waals surface area (Å²) in [7, 11) is 0. The van der Waals surface area contributed by atoms with Crippen molar-refractivity contribution in [1.82, 2.24) is 10.2 Å². The van der Waals surface area contributed by atoms with Crippen LogP contribution in [0.3, 0.4) is 0 Å². The van der Waals surface area contributed by atoms with Gasteiger partial charge in [0.05, 0.1) is 11.7 Å². The maximum Gasteiger partial charge on any atom is 0.0794 e. The quantitative estimate of drug-likeness (QED) is 0.712. The number of aromatic nitrogens is 2. The van der Waals surface area contributed by atoms with Crippen molar-refractivity contribution in [3.05, 3.63) is 28.4 Å². The molecule has 0 unspecified atom stereocenters. The van der Waals surface area contributed by atoms with Gasteiger partial charge in [-0.15, -0.1) is 0 Å². The molecule has 56 valence electrons. The lowest BCUT2D eigenvalue weighted by Gasteiger charge is -1.95. The van der Waals surface area contributed by atoms with Crippen LogP contribution in [0.15, 0.2) is 22.8 Å². The maximum atomic E-state index is 3.97. The fourth-order valence-corrected chi connectivity index (χ4v) is 1.57. The molecule has 11 heavy (non-hydrogen) atoms. The van der Waals surface area contributed by atoms with Crippen molar-refractivity contribution in [2.45, 2.75) is 6.92 Å². The third-order valence-electron chi connectivity index (χ3n) is 1.78. The number of nitrogens with one attached hydrogen (secondary N) is 1. The third kappa shape index (κ3) is 0.959. The second kappa shape index (κ2) is 2.34. The van der Waals surface area contributed by atoms with Gasteiger partial charge in [0.2, 0.25) is 0 Å². The van der Waals surface area contributed by atoms with Crippen molar-refractivity contribution in [3.8, 4) is 0 Å². The molecule has 2 nitrogen and oxygen atoms in total. The molecule has 2 aromatic rings. The molecule has 3 heteroatoms. The number of fused-ring (bicyclic) bond motifs is 1. The Morgan fingerprint density at radius 2 is 2.27 bits per heavy atom. The van der Waals surface area contributed by atoms with E-state index in [0.717, 1.165) is 9.99 Å². The Hall–Kier alpha value is -0.830. The van der Waals surface area contributed by atoms with Crippen LogP contribution < -0.4 is 0 Å². The normalized spacial score (nSPS) is 10.7.